The number of carbonyl (C=O) groups is 1. The smallest absolute Gasteiger partial charge is 0.223 e. The van der Waals surface area contributed by atoms with Gasteiger partial charge in [0.1, 0.15) is 0 Å². The number of amides is 1. The van der Waals surface area contributed by atoms with E-state index < -0.39 is 0 Å². The summed E-state index contributed by atoms with van der Waals surface area (Å²) >= 11 is 0. The van der Waals surface area contributed by atoms with Crippen LogP contribution >= 0.6 is 0 Å². The van der Waals surface area contributed by atoms with Crippen molar-refractivity contribution in [1.82, 2.24) is 4.90 Å². The average molecular weight is 167 g/mol. The van der Waals surface area contributed by atoms with Crippen LogP contribution in [-0.4, -0.2) is 23.4 Å². The Kier molecular flexibility index (Phi) is 3.32. The van der Waals surface area contributed by atoms with Gasteiger partial charge in [-0.15, -0.1) is 6.58 Å². The van der Waals surface area contributed by atoms with E-state index in [4.69, 9.17) is 0 Å². The number of hydrogen-bond acceptors (Lipinski definition) is 1. The molecule has 0 radical (unpaired) electrons. The van der Waals surface area contributed by atoms with Gasteiger partial charge in [0.2, 0.25) is 5.91 Å². The highest BCUT2D eigenvalue weighted by Gasteiger charge is 2.30. The Hall–Kier alpha value is -0.790. The zero-order valence-electron chi connectivity index (χ0n) is 7.75. The van der Waals surface area contributed by atoms with Gasteiger partial charge in [-0.05, 0) is 19.3 Å². The fraction of sp³-hybridized carbons (Fsp3) is 0.700. The molecular weight excluding hydrogens is 150 g/mol. The maximum atomic E-state index is 11.5. The lowest BCUT2D eigenvalue weighted by Gasteiger charge is -2.20. The van der Waals surface area contributed by atoms with Gasteiger partial charge in [-0.2, -0.15) is 0 Å². The Bertz CT molecular complexity index is 173. The highest BCUT2D eigenvalue weighted by atomic mass is 16.2. The van der Waals surface area contributed by atoms with Crippen LogP contribution in [-0.2, 0) is 4.79 Å². The molecule has 0 spiro atoms. The topological polar surface area (TPSA) is 20.3 Å². The lowest BCUT2D eigenvalue weighted by molar-refractivity contribution is -0.131. The number of nitrogens with zero attached hydrogens (tertiary/aromatic N) is 1. The van der Waals surface area contributed by atoms with E-state index in [1.54, 1.807) is 0 Å². The monoisotopic (exact) mass is 167 g/mol. The Morgan fingerprint density at radius 3 is 2.75 bits per heavy atom. The van der Waals surface area contributed by atoms with Gasteiger partial charge in [-0.25, -0.2) is 0 Å². The van der Waals surface area contributed by atoms with E-state index in [1.165, 1.54) is 12.8 Å². The standard InChI is InChI=1S/C10H17NO/c1-3-5-10(12)11(8-4-2)9-6-7-9/h4,9H,2-3,5-8H2,1H3. The first-order valence-electron chi connectivity index (χ1n) is 4.70. The van der Waals surface area contributed by atoms with Crippen LogP contribution in [0, 0.1) is 0 Å². The molecule has 1 aliphatic rings. The highest BCUT2D eigenvalue weighted by Crippen LogP contribution is 2.27. The average Bonchev–Trinajstić information content (AvgIpc) is 2.83. The summed E-state index contributed by atoms with van der Waals surface area (Å²) in [5.41, 5.74) is 0. The molecule has 2 nitrogen and oxygen atoms in total. The molecule has 0 heterocycles. The third kappa shape index (κ3) is 2.36. The minimum atomic E-state index is 0.292. The molecular formula is C10H17NO. The van der Waals surface area contributed by atoms with Gasteiger partial charge in [-0.3, -0.25) is 4.79 Å². The molecule has 1 aliphatic carbocycles. The van der Waals surface area contributed by atoms with Crippen molar-refractivity contribution in [1.29, 1.82) is 0 Å². The van der Waals surface area contributed by atoms with Gasteiger partial charge in [0.05, 0.1) is 0 Å². The van der Waals surface area contributed by atoms with Crippen LogP contribution in [0.3, 0.4) is 0 Å². The molecule has 0 unspecified atom stereocenters. The summed E-state index contributed by atoms with van der Waals surface area (Å²) < 4.78 is 0. The van der Waals surface area contributed by atoms with E-state index in [-0.39, 0.29) is 0 Å². The lowest BCUT2D eigenvalue weighted by atomic mass is 10.3. The number of hydrogen-bond donors (Lipinski definition) is 0. The zero-order chi connectivity index (χ0) is 8.97. The first kappa shape index (κ1) is 9.30. The van der Waals surface area contributed by atoms with Crippen molar-refractivity contribution in [2.24, 2.45) is 0 Å². The second kappa shape index (κ2) is 4.29. The SMILES string of the molecule is C=CCN(C(=O)CCC)C1CC1. The summed E-state index contributed by atoms with van der Waals surface area (Å²) in [6, 6.07) is 0.530. The third-order valence-electron chi connectivity index (χ3n) is 2.10. The zero-order valence-corrected chi connectivity index (χ0v) is 7.75. The molecule has 1 saturated carbocycles. The summed E-state index contributed by atoms with van der Waals surface area (Å²) in [5.74, 6) is 0.292. The van der Waals surface area contributed by atoms with Crippen LogP contribution < -0.4 is 0 Å². The minimum absolute atomic E-state index is 0.292. The van der Waals surface area contributed by atoms with E-state index in [0.29, 0.717) is 18.4 Å². The fourth-order valence-electron chi connectivity index (χ4n) is 1.34. The molecule has 0 aromatic heterocycles. The Balaban J connectivity index is 2.39. The molecule has 0 bridgehead atoms. The summed E-state index contributed by atoms with van der Waals surface area (Å²) in [5, 5.41) is 0. The fourth-order valence-corrected chi connectivity index (χ4v) is 1.34. The summed E-state index contributed by atoms with van der Waals surface area (Å²) in [6.45, 7) is 6.42. The molecule has 1 amide bonds. The largest absolute Gasteiger partial charge is 0.336 e. The first-order valence-corrected chi connectivity index (χ1v) is 4.70. The van der Waals surface area contributed by atoms with Crippen LogP contribution in [0.25, 0.3) is 0 Å². The van der Waals surface area contributed by atoms with E-state index in [2.05, 4.69) is 6.58 Å². The molecule has 1 fully saturated rings. The van der Waals surface area contributed by atoms with Gasteiger partial charge in [0, 0.05) is 19.0 Å². The van der Waals surface area contributed by atoms with Gasteiger partial charge < -0.3 is 4.90 Å². The Labute approximate surface area is 74.2 Å². The maximum Gasteiger partial charge on any atom is 0.223 e. The van der Waals surface area contributed by atoms with E-state index in [1.807, 2.05) is 17.9 Å². The molecule has 0 aromatic rings. The van der Waals surface area contributed by atoms with Gasteiger partial charge in [-0.1, -0.05) is 13.0 Å². The predicted octanol–water partition coefficient (Wildman–Crippen LogP) is 1.96. The molecule has 0 N–H and O–H groups in total. The van der Waals surface area contributed by atoms with Crippen LogP contribution in [0.1, 0.15) is 32.6 Å². The second-order valence-corrected chi connectivity index (χ2v) is 3.32. The van der Waals surface area contributed by atoms with E-state index in [0.717, 1.165) is 13.0 Å². The molecule has 0 aromatic carbocycles. The van der Waals surface area contributed by atoms with Crippen molar-refractivity contribution in [3.8, 4) is 0 Å². The van der Waals surface area contributed by atoms with Crippen molar-refractivity contribution in [3.63, 3.8) is 0 Å². The van der Waals surface area contributed by atoms with Crippen molar-refractivity contribution in [2.45, 2.75) is 38.6 Å². The lowest BCUT2D eigenvalue weighted by Crippen LogP contribution is -2.32. The maximum absolute atomic E-state index is 11.5. The van der Waals surface area contributed by atoms with Gasteiger partial charge in [0.25, 0.3) is 0 Å². The molecule has 0 aliphatic heterocycles. The quantitative estimate of drug-likeness (QED) is 0.573. The minimum Gasteiger partial charge on any atom is -0.336 e. The van der Waals surface area contributed by atoms with Gasteiger partial charge >= 0.3 is 0 Å². The molecule has 12 heavy (non-hydrogen) atoms. The van der Waals surface area contributed by atoms with Crippen LogP contribution in [0.5, 0.6) is 0 Å². The molecule has 68 valence electrons. The van der Waals surface area contributed by atoms with Crippen LogP contribution in [0.2, 0.25) is 0 Å². The molecule has 0 saturated heterocycles. The molecule has 0 atom stereocenters. The van der Waals surface area contributed by atoms with Crippen molar-refractivity contribution >= 4 is 5.91 Å². The summed E-state index contributed by atoms with van der Waals surface area (Å²) in [6.07, 6.45) is 5.81. The predicted molar refractivity (Wildman–Crippen MR) is 49.8 cm³/mol. The second-order valence-electron chi connectivity index (χ2n) is 3.32. The van der Waals surface area contributed by atoms with Crippen molar-refractivity contribution < 1.29 is 4.79 Å². The van der Waals surface area contributed by atoms with Crippen LogP contribution in [0.15, 0.2) is 12.7 Å². The number of rotatable bonds is 5. The van der Waals surface area contributed by atoms with Crippen molar-refractivity contribution in [2.75, 3.05) is 6.54 Å². The Morgan fingerprint density at radius 2 is 2.33 bits per heavy atom. The third-order valence-corrected chi connectivity index (χ3v) is 2.10. The normalized spacial score (nSPS) is 15.8. The Morgan fingerprint density at radius 1 is 1.67 bits per heavy atom. The van der Waals surface area contributed by atoms with Gasteiger partial charge in [0.15, 0.2) is 0 Å². The number of carbonyl (C=O) groups excluding carboxylic acids is 1. The highest BCUT2D eigenvalue weighted by molar-refractivity contribution is 5.76. The molecule has 2 heteroatoms. The van der Waals surface area contributed by atoms with Crippen LogP contribution in [0.4, 0.5) is 0 Å². The van der Waals surface area contributed by atoms with E-state index in [9.17, 15) is 4.79 Å². The van der Waals surface area contributed by atoms with Crippen molar-refractivity contribution in [3.05, 3.63) is 12.7 Å². The molecule has 1 rings (SSSR count). The first-order chi connectivity index (χ1) is 5.79. The van der Waals surface area contributed by atoms with E-state index >= 15 is 0 Å². The summed E-state index contributed by atoms with van der Waals surface area (Å²) in [4.78, 5) is 13.4. The summed E-state index contributed by atoms with van der Waals surface area (Å²) in [7, 11) is 0.